The molecule has 0 fully saturated rings. The van der Waals surface area contributed by atoms with Crippen LogP contribution in [-0.2, 0) is 0 Å². The van der Waals surface area contributed by atoms with E-state index in [1.807, 2.05) is 0 Å². The van der Waals surface area contributed by atoms with Crippen LogP contribution in [0.15, 0.2) is 11.6 Å². The summed E-state index contributed by atoms with van der Waals surface area (Å²) in [5.74, 6) is 0.762. The summed E-state index contributed by atoms with van der Waals surface area (Å²) >= 11 is 6.09. The van der Waals surface area contributed by atoms with Crippen molar-refractivity contribution in [1.82, 2.24) is 0 Å². The van der Waals surface area contributed by atoms with Gasteiger partial charge in [0.25, 0.3) is 0 Å². The summed E-state index contributed by atoms with van der Waals surface area (Å²) in [4.78, 5) is 0. The Morgan fingerprint density at radius 2 is 2.00 bits per heavy atom. The topological polar surface area (TPSA) is 0 Å². The van der Waals surface area contributed by atoms with E-state index in [9.17, 15) is 0 Å². The van der Waals surface area contributed by atoms with Crippen LogP contribution in [0.2, 0.25) is 0 Å². The number of allylic oxidation sites excluding steroid dienone is 2. The SMILES string of the molecule is CCC(Cl)CC(C)CCC=C(C)C. The van der Waals surface area contributed by atoms with E-state index < -0.39 is 0 Å². The van der Waals surface area contributed by atoms with Gasteiger partial charge >= 0.3 is 0 Å². The molecule has 0 saturated carbocycles. The summed E-state index contributed by atoms with van der Waals surface area (Å²) in [5.41, 5.74) is 1.42. The van der Waals surface area contributed by atoms with Crippen LogP contribution in [0.5, 0.6) is 0 Å². The zero-order valence-corrected chi connectivity index (χ0v) is 10.2. The maximum atomic E-state index is 6.09. The minimum absolute atomic E-state index is 0.377. The van der Waals surface area contributed by atoms with Gasteiger partial charge < -0.3 is 0 Å². The highest BCUT2D eigenvalue weighted by Gasteiger charge is 2.07. The first kappa shape index (κ1) is 13.0. The fraction of sp³-hybridized carbons (Fsp3) is 0.833. The van der Waals surface area contributed by atoms with Crippen molar-refractivity contribution in [2.24, 2.45) is 5.92 Å². The Morgan fingerprint density at radius 3 is 2.46 bits per heavy atom. The Bertz CT molecular complexity index is 145. The van der Waals surface area contributed by atoms with Gasteiger partial charge in [0.05, 0.1) is 0 Å². The van der Waals surface area contributed by atoms with E-state index in [0.29, 0.717) is 5.38 Å². The molecule has 0 N–H and O–H groups in total. The monoisotopic (exact) mass is 202 g/mol. The summed E-state index contributed by atoms with van der Waals surface area (Å²) in [7, 11) is 0. The van der Waals surface area contributed by atoms with Gasteiger partial charge in [-0.1, -0.05) is 25.5 Å². The van der Waals surface area contributed by atoms with Crippen LogP contribution in [0.4, 0.5) is 0 Å². The number of hydrogen-bond acceptors (Lipinski definition) is 0. The van der Waals surface area contributed by atoms with E-state index in [4.69, 9.17) is 11.6 Å². The van der Waals surface area contributed by atoms with Crippen LogP contribution in [0.1, 0.15) is 53.4 Å². The Hall–Kier alpha value is 0.0300. The minimum atomic E-state index is 0.377. The van der Waals surface area contributed by atoms with Gasteiger partial charge in [-0.3, -0.25) is 0 Å². The number of hydrogen-bond donors (Lipinski definition) is 0. The lowest BCUT2D eigenvalue weighted by molar-refractivity contribution is 0.479. The standard InChI is InChI=1S/C12H23Cl/c1-5-12(13)9-11(4)8-6-7-10(2)3/h7,11-12H,5-6,8-9H2,1-4H3. The molecule has 0 heterocycles. The van der Waals surface area contributed by atoms with Crippen molar-refractivity contribution >= 4 is 11.6 Å². The molecule has 0 saturated heterocycles. The predicted octanol–water partition coefficient (Wildman–Crippen LogP) is 4.78. The van der Waals surface area contributed by atoms with E-state index in [0.717, 1.165) is 18.8 Å². The van der Waals surface area contributed by atoms with Gasteiger partial charge in [-0.25, -0.2) is 0 Å². The highest BCUT2D eigenvalue weighted by atomic mass is 35.5. The smallest absolute Gasteiger partial charge is 0.0336 e. The Kier molecular flexibility index (Phi) is 7.45. The van der Waals surface area contributed by atoms with Gasteiger partial charge in [0.15, 0.2) is 0 Å². The van der Waals surface area contributed by atoms with Crippen LogP contribution in [0.3, 0.4) is 0 Å². The summed E-state index contributed by atoms with van der Waals surface area (Å²) in [6.45, 7) is 8.76. The Balaban J connectivity index is 3.51. The van der Waals surface area contributed by atoms with Crippen LogP contribution in [0, 0.1) is 5.92 Å². The summed E-state index contributed by atoms with van der Waals surface area (Å²) in [6.07, 6.45) is 7.04. The van der Waals surface area contributed by atoms with Crippen LogP contribution in [-0.4, -0.2) is 5.38 Å². The molecule has 0 nitrogen and oxygen atoms in total. The van der Waals surface area contributed by atoms with Crippen molar-refractivity contribution in [3.05, 3.63) is 11.6 Å². The average Bonchev–Trinajstić information content (AvgIpc) is 2.03. The van der Waals surface area contributed by atoms with Gasteiger partial charge in [-0.15, -0.1) is 11.6 Å². The van der Waals surface area contributed by atoms with Crippen molar-refractivity contribution in [1.29, 1.82) is 0 Å². The Labute approximate surface area is 88.4 Å². The first-order chi connectivity index (χ1) is 6.06. The molecule has 0 aromatic heterocycles. The highest BCUT2D eigenvalue weighted by molar-refractivity contribution is 6.20. The summed E-state index contributed by atoms with van der Waals surface area (Å²) in [5, 5.41) is 0.377. The Morgan fingerprint density at radius 1 is 1.38 bits per heavy atom. The van der Waals surface area contributed by atoms with Crippen molar-refractivity contribution in [3.8, 4) is 0 Å². The molecule has 2 atom stereocenters. The predicted molar refractivity (Wildman–Crippen MR) is 62.4 cm³/mol. The third-order valence-corrected chi connectivity index (χ3v) is 2.80. The lowest BCUT2D eigenvalue weighted by atomic mass is 9.98. The largest absolute Gasteiger partial charge is 0.123 e. The van der Waals surface area contributed by atoms with Crippen molar-refractivity contribution in [2.45, 2.75) is 58.8 Å². The maximum absolute atomic E-state index is 6.09. The first-order valence-electron chi connectivity index (χ1n) is 5.33. The molecule has 0 radical (unpaired) electrons. The molecule has 0 amide bonds. The molecule has 0 bridgehead atoms. The minimum Gasteiger partial charge on any atom is -0.123 e. The molecule has 13 heavy (non-hydrogen) atoms. The van der Waals surface area contributed by atoms with Crippen molar-refractivity contribution in [2.75, 3.05) is 0 Å². The molecule has 0 aliphatic rings. The van der Waals surface area contributed by atoms with Gasteiger partial charge in [0.2, 0.25) is 0 Å². The lowest BCUT2D eigenvalue weighted by Gasteiger charge is -2.13. The van der Waals surface area contributed by atoms with E-state index in [1.165, 1.54) is 18.4 Å². The molecule has 0 rings (SSSR count). The molecule has 0 aliphatic heterocycles. The fourth-order valence-corrected chi connectivity index (χ4v) is 1.68. The van der Waals surface area contributed by atoms with Crippen LogP contribution in [0.25, 0.3) is 0 Å². The van der Waals surface area contributed by atoms with Crippen LogP contribution < -0.4 is 0 Å². The second kappa shape index (κ2) is 7.44. The summed E-state index contributed by atoms with van der Waals surface area (Å²) < 4.78 is 0. The van der Waals surface area contributed by atoms with Gasteiger partial charge in [0.1, 0.15) is 0 Å². The molecule has 78 valence electrons. The normalized spacial score (nSPS) is 15.2. The average molecular weight is 203 g/mol. The molecule has 2 unspecified atom stereocenters. The lowest BCUT2D eigenvalue weighted by Crippen LogP contribution is -2.04. The van der Waals surface area contributed by atoms with Crippen molar-refractivity contribution < 1.29 is 0 Å². The van der Waals surface area contributed by atoms with Gasteiger partial charge in [0, 0.05) is 5.38 Å². The van der Waals surface area contributed by atoms with Crippen LogP contribution >= 0.6 is 11.6 Å². The quantitative estimate of drug-likeness (QED) is 0.430. The molecular weight excluding hydrogens is 180 g/mol. The zero-order valence-electron chi connectivity index (χ0n) is 9.44. The molecule has 0 spiro atoms. The first-order valence-corrected chi connectivity index (χ1v) is 5.77. The van der Waals surface area contributed by atoms with E-state index in [2.05, 4.69) is 33.8 Å². The third-order valence-electron chi connectivity index (χ3n) is 2.31. The molecule has 1 heteroatoms. The number of alkyl halides is 1. The van der Waals surface area contributed by atoms with E-state index in [1.54, 1.807) is 0 Å². The highest BCUT2D eigenvalue weighted by Crippen LogP contribution is 2.18. The second-order valence-corrected chi connectivity index (χ2v) is 4.82. The van der Waals surface area contributed by atoms with E-state index >= 15 is 0 Å². The molecule has 0 aliphatic carbocycles. The van der Waals surface area contributed by atoms with Gasteiger partial charge in [-0.05, 0) is 45.4 Å². The second-order valence-electron chi connectivity index (χ2n) is 4.21. The van der Waals surface area contributed by atoms with Gasteiger partial charge in [-0.2, -0.15) is 0 Å². The number of halogens is 1. The molecule has 0 aromatic rings. The molecular formula is C12H23Cl. The number of rotatable bonds is 6. The maximum Gasteiger partial charge on any atom is 0.0336 e. The zero-order chi connectivity index (χ0) is 10.3. The fourth-order valence-electron chi connectivity index (χ4n) is 1.38. The third kappa shape index (κ3) is 8.36. The molecule has 0 aromatic carbocycles. The van der Waals surface area contributed by atoms with Crippen molar-refractivity contribution in [3.63, 3.8) is 0 Å². The van der Waals surface area contributed by atoms with E-state index in [-0.39, 0.29) is 0 Å². The summed E-state index contributed by atoms with van der Waals surface area (Å²) in [6, 6.07) is 0.